The van der Waals surface area contributed by atoms with E-state index in [-0.39, 0.29) is 31.1 Å². The molecule has 0 aliphatic carbocycles. The van der Waals surface area contributed by atoms with E-state index in [2.05, 4.69) is 32.9 Å². The molecule has 0 N–H and O–H groups in total. The van der Waals surface area contributed by atoms with E-state index >= 15 is 0 Å². The summed E-state index contributed by atoms with van der Waals surface area (Å²) in [5.41, 5.74) is 0. The standard InChI is InChI=1S/C41H76O6/c1-4-7-10-13-15-17-19-21-23-25-28-31-34-40(43)46-37-38(36-45-39(42)33-30-27-12-9-6-3)47-41(44)35-32-29-26-24-22-20-18-16-14-11-8-5-2/h15,17,38H,4-14,16,18-37H2,1-3H3/b17-15-. The zero-order chi connectivity index (χ0) is 34.5. The molecule has 6 nitrogen and oxygen atoms in total. The molecule has 0 saturated carbocycles. The molecule has 0 aliphatic heterocycles. The highest BCUT2D eigenvalue weighted by atomic mass is 16.6. The fraction of sp³-hybridized carbons (Fsp3) is 0.878. The number of esters is 3. The molecule has 0 spiro atoms. The Kier molecular flexibility index (Phi) is 35.5. The number of unbranched alkanes of at least 4 members (excludes halogenated alkanes) is 23. The van der Waals surface area contributed by atoms with E-state index < -0.39 is 6.10 Å². The summed E-state index contributed by atoms with van der Waals surface area (Å²) >= 11 is 0. The second-order valence-electron chi connectivity index (χ2n) is 13.6. The lowest BCUT2D eigenvalue weighted by atomic mass is 10.0. The van der Waals surface area contributed by atoms with Gasteiger partial charge in [-0.05, 0) is 44.9 Å². The van der Waals surface area contributed by atoms with Crippen molar-refractivity contribution >= 4 is 17.9 Å². The van der Waals surface area contributed by atoms with Crippen LogP contribution in [0.25, 0.3) is 0 Å². The average molecular weight is 665 g/mol. The van der Waals surface area contributed by atoms with Gasteiger partial charge >= 0.3 is 17.9 Å². The van der Waals surface area contributed by atoms with E-state index in [0.29, 0.717) is 19.3 Å². The van der Waals surface area contributed by atoms with Crippen molar-refractivity contribution < 1.29 is 28.6 Å². The molecular formula is C41H76O6. The van der Waals surface area contributed by atoms with Crippen LogP contribution in [0.15, 0.2) is 12.2 Å². The molecule has 0 heterocycles. The Bertz CT molecular complexity index is 733. The summed E-state index contributed by atoms with van der Waals surface area (Å²) in [7, 11) is 0. The summed E-state index contributed by atoms with van der Waals surface area (Å²) < 4.78 is 16.5. The first kappa shape index (κ1) is 45.2. The van der Waals surface area contributed by atoms with Crippen molar-refractivity contribution in [2.75, 3.05) is 13.2 Å². The van der Waals surface area contributed by atoms with E-state index in [4.69, 9.17) is 14.2 Å². The summed E-state index contributed by atoms with van der Waals surface area (Å²) in [6, 6.07) is 0. The molecule has 0 bridgehead atoms. The second-order valence-corrected chi connectivity index (χ2v) is 13.6. The van der Waals surface area contributed by atoms with E-state index in [0.717, 1.165) is 70.6 Å². The molecule has 0 aliphatic rings. The number of hydrogen-bond donors (Lipinski definition) is 0. The van der Waals surface area contributed by atoms with Gasteiger partial charge in [-0.1, -0.05) is 161 Å². The quantitative estimate of drug-likeness (QED) is 0.0287. The number of rotatable bonds is 36. The highest BCUT2D eigenvalue weighted by molar-refractivity contribution is 5.71. The van der Waals surface area contributed by atoms with Gasteiger partial charge in [0.1, 0.15) is 13.2 Å². The molecule has 0 saturated heterocycles. The van der Waals surface area contributed by atoms with Gasteiger partial charge in [0.25, 0.3) is 0 Å². The molecule has 276 valence electrons. The third kappa shape index (κ3) is 35.3. The summed E-state index contributed by atoms with van der Waals surface area (Å²) in [6.45, 7) is 6.51. The molecule has 0 aromatic rings. The van der Waals surface area contributed by atoms with Crippen LogP contribution in [0.5, 0.6) is 0 Å². The van der Waals surface area contributed by atoms with Gasteiger partial charge in [-0.2, -0.15) is 0 Å². The van der Waals surface area contributed by atoms with Gasteiger partial charge in [-0.3, -0.25) is 14.4 Å². The predicted molar refractivity (Wildman–Crippen MR) is 196 cm³/mol. The van der Waals surface area contributed by atoms with Gasteiger partial charge in [-0.25, -0.2) is 0 Å². The predicted octanol–water partition coefficient (Wildman–Crippen LogP) is 12.3. The van der Waals surface area contributed by atoms with Crippen molar-refractivity contribution in [1.29, 1.82) is 0 Å². The van der Waals surface area contributed by atoms with Crippen molar-refractivity contribution in [3.05, 3.63) is 12.2 Å². The van der Waals surface area contributed by atoms with Crippen LogP contribution in [-0.2, 0) is 28.6 Å². The molecular weight excluding hydrogens is 588 g/mol. The minimum atomic E-state index is -0.761. The molecule has 0 fully saturated rings. The molecule has 1 atom stereocenters. The molecule has 6 heteroatoms. The number of carbonyl (C=O) groups is 3. The highest BCUT2D eigenvalue weighted by Gasteiger charge is 2.19. The Labute approximate surface area is 290 Å². The maximum absolute atomic E-state index is 12.6. The summed E-state index contributed by atoms with van der Waals surface area (Å²) in [4.78, 5) is 37.3. The Balaban J connectivity index is 4.27. The van der Waals surface area contributed by atoms with Crippen molar-refractivity contribution in [3.8, 4) is 0 Å². The van der Waals surface area contributed by atoms with Crippen LogP contribution < -0.4 is 0 Å². The monoisotopic (exact) mass is 665 g/mol. The molecule has 0 aromatic carbocycles. The molecule has 0 rings (SSSR count). The first-order chi connectivity index (χ1) is 23.0. The first-order valence-corrected chi connectivity index (χ1v) is 20.2. The Hall–Kier alpha value is -1.85. The topological polar surface area (TPSA) is 78.9 Å². The summed E-state index contributed by atoms with van der Waals surface area (Å²) in [5.74, 6) is -0.893. The minimum absolute atomic E-state index is 0.0711. The third-order valence-corrected chi connectivity index (χ3v) is 8.77. The van der Waals surface area contributed by atoms with Crippen molar-refractivity contribution in [2.45, 2.75) is 219 Å². The lowest BCUT2D eigenvalue weighted by molar-refractivity contribution is -0.167. The van der Waals surface area contributed by atoms with Gasteiger partial charge in [0, 0.05) is 19.3 Å². The van der Waals surface area contributed by atoms with Crippen LogP contribution in [-0.4, -0.2) is 37.2 Å². The van der Waals surface area contributed by atoms with E-state index in [1.54, 1.807) is 0 Å². The van der Waals surface area contributed by atoms with Gasteiger partial charge in [0.2, 0.25) is 0 Å². The number of carbonyl (C=O) groups excluding carboxylic acids is 3. The van der Waals surface area contributed by atoms with Gasteiger partial charge in [0.05, 0.1) is 0 Å². The van der Waals surface area contributed by atoms with E-state index in [1.807, 2.05) is 0 Å². The normalized spacial score (nSPS) is 12.0. The first-order valence-electron chi connectivity index (χ1n) is 20.2. The zero-order valence-electron chi connectivity index (χ0n) is 31.3. The van der Waals surface area contributed by atoms with Crippen molar-refractivity contribution in [1.82, 2.24) is 0 Å². The number of hydrogen-bond acceptors (Lipinski definition) is 6. The van der Waals surface area contributed by atoms with Crippen molar-refractivity contribution in [2.24, 2.45) is 0 Å². The third-order valence-electron chi connectivity index (χ3n) is 8.77. The molecule has 0 radical (unpaired) electrons. The van der Waals surface area contributed by atoms with Crippen LogP contribution >= 0.6 is 0 Å². The molecule has 47 heavy (non-hydrogen) atoms. The van der Waals surface area contributed by atoms with Crippen LogP contribution in [0.2, 0.25) is 0 Å². The lowest BCUT2D eigenvalue weighted by Gasteiger charge is -2.18. The van der Waals surface area contributed by atoms with Gasteiger partial charge < -0.3 is 14.2 Å². The zero-order valence-corrected chi connectivity index (χ0v) is 31.3. The fourth-order valence-corrected chi connectivity index (χ4v) is 5.67. The maximum Gasteiger partial charge on any atom is 0.306 e. The van der Waals surface area contributed by atoms with Crippen LogP contribution in [0.4, 0.5) is 0 Å². The van der Waals surface area contributed by atoms with Gasteiger partial charge in [0.15, 0.2) is 6.10 Å². The largest absolute Gasteiger partial charge is 0.462 e. The number of allylic oxidation sites excluding steroid dienone is 2. The van der Waals surface area contributed by atoms with Crippen LogP contribution in [0.3, 0.4) is 0 Å². The lowest BCUT2D eigenvalue weighted by Crippen LogP contribution is -2.30. The van der Waals surface area contributed by atoms with Crippen LogP contribution in [0, 0.1) is 0 Å². The van der Waals surface area contributed by atoms with Crippen LogP contribution in [0.1, 0.15) is 213 Å². The second kappa shape index (κ2) is 37.0. The smallest absolute Gasteiger partial charge is 0.306 e. The Morgan fingerprint density at radius 3 is 1.11 bits per heavy atom. The Morgan fingerprint density at radius 2 is 0.702 bits per heavy atom. The Morgan fingerprint density at radius 1 is 0.404 bits per heavy atom. The molecule has 0 amide bonds. The summed E-state index contributed by atoms with van der Waals surface area (Å²) in [6.07, 6.45) is 36.5. The van der Waals surface area contributed by atoms with Gasteiger partial charge in [-0.15, -0.1) is 0 Å². The van der Waals surface area contributed by atoms with E-state index in [1.165, 1.54) is 103 Å². The maximum atomic E-state index is 12.6. The SMILES string of the molecule is CCCCC/C=C\CCCCCCCC(=O)OCC(COC(=O)CCCCCCC)OC(=O)CCCCCCCCCCCCCC. The minimum Gasteiger partial charge on any atom is -0.462 e. The fourth-order valence-electron chi connectivity index (χ4n) is 5.67. The molecule has 1 unspecified atom stereocenters. The highest BCUT2D eigenvalue weighted by Crippen LogP contribution is 2.14. The molecule has 0 aromatic heterocycles. The number of ether oxygens (including phenoxy) is 3. The average Bonchev–Trinajstić information content (AvgIpc) is 3.06. The summed E-state index contributed by atoms with van der Waals surface area (Å²) in [5, 5.41) is 0. The van der Waals surface area contributed by atoms with E-state index in [9.17, 15) is 14.4 Å². The van der Waals surface area contributed by atoms with Crippen molar-refractivity contribution in [3.63, 3.8) is 0 Å².